The number of carbonyl (C=O) groups excluding carboxylic acids is 1. The first-order chi connectivity index (χ1) is 11.8. The van der Waals surface area contributed by atoms with Crippen LogP contribution in [0.25, 0.3) is 10.8 Å². The lowest BCUT2D eigenvalue weighted by Crippen LogP contribution is -2.16. The number of fused-ring (bicyclic) bond motifs is 1. The molecule has 3 rings (SSSR count). The Bertz CT molecular complexity index is 1060. The van der Waals surface area contributed by atoms with Crippen LogP contribution in [0.15, 0.2) is 65.6 Å². The second-order valence-electron chi connectivity index (χ2n) is 5.55. The van der Waals surface area contributed by atoms with E-state index in [1.165, 1.54) is 18.2 Å². The van der Waals surface area contributed by atoms with Gasteiger partial charge in [0.05, 0.1) is 11.4 Å². The van der Waals surface area contributed by atoms with Crippen molar-refractivity contribution in [2.75, 3.05) is 5.32 Å². The summed E-state index contributed by atoms with van der Waals surface area (Å²) in [7, 11) is -3.96. The fourth-order valence-corrected chi connectivity index (χ4v) is 3.70. The minimum Gasteiger partial charge on any atom is -0.326 e. The molecule has 3 N–H and O–H groups in total. The Kier molecular flexibility index (Phi) is 4.76. The average Bonchev–Trinajstić information content (AvgIpc) is 2.56. The Hall–Kier alpha value is -2.41. The molecule has 0 saturated carbocycles. The first kappa shape index (κ1) is 17.4. The summed E-state index contributed by atoms with van der Waals surface area (Å²) >= 11 is 5.84. The van der Waals surface area contributed by atoms with Gasteiger partial charge in [-0.25, -0.2) is 13.6 Å². The van der Waals surface area contributed by atoms with E-state index in [4.69, 9.17) is 16.7 Å². The van der Waals surface area contributed by atoms with Crippen LogP contribution in [-0.2, 0) is 21.2 Å². The minimum atomic E-state index is -3.96. The zero-order valence-corrected chi connectivity index (χ0v) is 14.6. The highest BCUT2D eigenvalue weighted by atomic mass is 35.5. The fraction of sp³-hybridized carbons (Fsp3) is 0.0556. The summed E-state index contributed by atoms with van der Waals surface area (Å²) in [5, 5.41) is 9.86. The highest BCUT2D eigenvalue weighted by molar-refractivity contribution is 7.89. The molecule has 0 fully saturated rings. The van der Waals surface area contributed by atoms with Crippen LogP contribution in [0, 0.1) is 0 Å². The molecule has 0 aliphatic heterocycles. The topological polar surface area (TPSA) is 89.3 Å². The molecule has 3 aromatic rings. The Balaban J connectivity index is 1.83. The number of sulfonamides is 1. The number of halogens is 1. The second-order valence-corrected chi connectivity index (χ2v) is 7.49. The molecule has 0 bridgehead atoms. The number of primary sulfonamides is 1. The molecule has 3 aromatic carbocycles. The fourth-order valence-electron chi connectivity index (χ4n) is 2.62. The number of benzene rings is 3. The zero-order chi connectivity index (χ0) is 18.0. The van der Waals surface area contributed by atoms with Crippen molar-refractivity contribution in [3.05, 3.63) is 71.2 Å². The molecule has 5 nitrogen and oxygen atoms in total. The summed E-state index contributed by atoms with van der Waals surface area (Å²) in [6.45, 7) is 0. The molecular weight excluding hydrogens is 360 g/mol. The van der Waals surface area contributed by atoms with Gasteiger partial charge in [-0.2, -0.15) is 0 Å². The van der Waals surface area contributed by atoms with Gasteiger partial charge in [-0.1, -0.05) is 54.1 Å². The van der Waals surface area contributed by atoms with Gasteiger partial charge in [0.1, 0.15) is 4.90 Å². The largest absolute Gasteiger partial charge is 0.326 e. The maximum Gasteiger partial charge on any atom is 0.239 e. The van der Waals surface area contributed by atoms with Crippen LogP contribution in [0.3, 0.4) is 0 Å². The smallest absolute Gasteiger partial charge is 0.239 e. The molecule has 1 amide bonds. The molecule has 0 saturated heterocycles. The van der Waals surface area contributed by atoms with E-state index in [0.29, 0.717) is 5.69 Å². The molecule has 0 spiro atoms. The van der Waals surface area contributed by atoms with Gasteiger partial charge < -0.3 is 5.32 Å². The summed E-state index contributed by atoms with van der Waals surface area (Å²) in [6, 6.07) is 17.7. The van der Waals surface area contributed by atoms with Crippen molar-refractivity contribution >= 4 is 44.0 Å². The van der Waals surface area contributed by atoms with Crippen molar-refractivity contribution in [2.45, 2.75) is 11.3 Å². The Morgan fingerprint density at radius 3 is 2.52 bits per heavy atom. The van der Waals surface area contributed by atoms with Crippen LogP contribution in [0.5, 0.6) is 0 Å². The molecule has 0 unspecified atom stereocenters. The first-order valence-corrected chi connectivity index (χ1v) is 9.36. The third-order valence-electron chi connectivity index (χ3n) is 3.75. The number of nitrogens with one attached hydrogen (secondary N) is 1. The standard InChI is InChI=1S/C18H15ClN2O3S/c19-16-9-8-14(11-17(16)25(20,23)24)21-18(22)10-13-6-3-5-12-4-1-2-7-15(12)13/h1-9,11H,10H2,(H,21,22)(H2,20,23,24). The van der Waals surface area contributed by atoms with Gasteiger partial charge in [-0.05, 0) is 34.5 Å². The SMILES string of the molecule is NS(=O)(=O)c1cc(NC(=O)Cc2cccc3ccccc23)ccc1Cl. The molecule has 128 valence electrons. The van der Waals surface area contributed by atoms with Crippen LogP contribution in [0.1, 0.15) is 5.56 Å². The maximum absolute atomic E-state index is 12.3. The number of anilines is 1. The van der Waals surface area contributed by atoms with Crippen molar-refractivity contribution < 1.29 is 13.2 Å². The van der Waals surface area contributed by atoms with Gasteiger partial charge in [-0.15, -0.1) is 0 Å². The highest BCUT2D eigenvalue weighted by Crippen LogP contribution is 2.24. The molecule has 7 heteroatoms. The normalized spacial score (nSPS) is 11.4. The molecular formula is C18H15ClN2O3S. The van der Waals surface area contributed by atoms with E-state index in [0.717, 1.165) is 16.3 Å². The lowest BCUT2D eigenvalue weighted by Gasteiger charge is -2.09. The van der Waals surface area contributed by atoms with E-state index < -0.39 is 10.0 Å². The van der Waals surface area contributed by atoms with Gasteiger partial charge >= 0.3 is 0 Å². The quantitative estimate of drug-likeness (QED) is 0.734. The van der Waals surface area contributed by atoms with Gasteiger partial charge in [0, 0.05) is 5.69 Å². The van der Waals surface area contributed by atoms with E-state index in [9.17, 15) is 13.2 Å². The summed E-state index contributed by atoms with van der Waals surface area (Å²) in [6.07, 6.45) is 0.161. The van der Waals surface area contributed by atoms with Crippen molar-refractivity contribution in [3.8, 4) is 0 Å². The predicted octanol–water partition coefficient (Wildman–Crippen LogP) is 3.32. The summed E-state index contributed by atoms with van der Waals surface area (Å²) in [4.78, 5) is 12.1. The van der Waals surface area contributed by atoms with E-state index in [1.54, 1.807) is 0 Å². The Labute approximate surface area is 150 Å². The molecule has 0 aliphatic carbocycles. The summed E-state index contributed by atoms with van der Waals surface area (Å²) in [5.74, 6) is -0.265. The van der Waals surface area contributed by atoms with Crippen molar-refractivity contribution in [1.29, 1.82) is 0 Å². The third kappa shape index (κ3) is 3.99. The van der Waals surface area contributed by atoms with Crippen molar-refractivity contribution in [2.24, 2.45) is 5.14 Å². The molecule has 0 aliphatic rings. The molecule has 0 heterocycles. The predicted molar refractivity (Wildman–Crippen MR) is 99.1 cm³/mol. The highest BCUT2D eigenvalue weighted by Gasteiger charge is 2.15. The van der Waals surface area contributed by atoms with E-state index >= 15 is 0 Å². The Morgan fingerprint density at radius 2 is 1.76 bits per heavy atom. The van der Waals surface area contributed by atoms with Gasteiger partial charge in [0.2, 0.25) is 15.9 Å². The van der Waals surface area contributed by atoms with E-state index in [1.807, 2.05) is 42.5 Å². The minimum absolute atomic E-state index is 0.00884. The molecule has 0 atom stereocenters. The maximum atomic E-state index is 12.3. The van der Waals surface area contributed by atoms with Crippen molar-refractivity contribution in [1.82, 2.24) is 0 Å². The van der Waals surface area contributed by atoms with Gasteiger partial charge in [-0.3, -0.25) is 4.79 Å². The van der Waals surface area contributed by atoms with E-state index in [-0.39, 0.29) is 22.2 Å². The van der Waals surface area contributed by atoms with Crippen LogP contribution < -0.4 is 10.5 Å². The molecule has 25 heavy (non-hydrogen) atoms. The molecule has 0 radical (unpaired) electrons. The number of rotatable bonds is 4. The summed E-state index contributed by atoms with van der Waals surface area (Å²) in [5.41, 5.74) is 1.20. The Morgan fingerprint density at radius 1 is 1.04 bits per heavy atom. The number of nitrogens with two attached hydrogens (primary N) is 1. The van der Waals surface area contributed by atoms with Crippen LogP contribution >= 0.6 is 11.6 Å². The lowest BCUT2D eigenvalue weighted by molar-refractivity contribution is -0.115. The second kappa shape index (κ2) is 6.84. The average molecular weight is 375 g/mol. The monoisotopic (exact) mass is 374 g/mol. The number of hydrogen-bond donors (Lipinski definition) is 2. The molecule has 0 aromatic heterocycles. The van der Waals surface area contributed by atoms with Crippen molar-refractivity contribution in [3.63, 3.8) is 0 Å². The van der Waals surface area contributed by atoms with Crippen LogP contribution in [-0.4, -0.2) is 14.3 Å². The number of amides is 1. The zero-order valence-electron chi connectivity index (χ0n) is 13.1. The first-order valence-electron chi connectivity index (χ1n) is 7.43. The van der Waals surface area contributed by atoms with Gasteiger partial charge in [0.25, 0.3) is 0 Å². The summed E-state index contributed by atoms with van der Waals surface area (Å²) < 4.78 is 23.0. The van der Waals surface area contributed by atoms with Crippen LogP contribution in [0.4, 0.5) is 5.69 Å². The lowest BCUT2D eigenvalue weighted by atomic mass is 10.0. The van der Waals surface area contributed by atoms with Crippen LogP contribution in [0.2, 0.25) is 5.02 Å². The third-order valence-corrected chi connectivity index (χ3v) is 5.14. The number of carbonyl (C=O) groups is 1. The number of hydrogen-bond acceptors (Lipinski definition) is 3. The van der Waals surface area contributed by atoms with Gasteiger partial charge in [0.15, 0.2) is 0 Å². The van der Waals surface area contributed by atoms with E-state index in [2.05, 4.69) is 5.32 Å².